The molecule has 1 aromatic carbocycles. The highest BCUT2D eigenvalue weighted by molar-refractivity contribution is 7.99. The number of sulfonamides is 1. The average molecular weight is 415 g/mol. The van der Waals surface area contributed by atoms with Gasteiger partial charge in [0.1, 0.15) is 10.1 Å². The summed E-state index contributed by atoms with van der Waals surface area (Å²) in [6, 6.07) is 11.2. The number of benzene rings is 1. The summed E-state index contributed by atoms with van der Waals surface area (Å²) in [6.45, 7) is 3.32. The summed E-state index contributed by atoms with van der Waals surface area (Å²) in [6.07, 6.45) is 3.16. The fourth-order valence-electron chi connectivity index (χ4n) is 2.48. The Balaban J connectivity index is 1.91. The number of anilines is 1. The van der Waals surface area contributed by atoms with E-state index in [1.54, 1.807) is 32.2 Å². The molecule has 144 valence electrons. The Morgan fingerprint density at radius 2 is 1.79 bits per heavy atom. The van der Waals surface area contributed by atoms with Crippen LogP contribution in [0.4, 0.5) is 5.69 Å². The predicted molar refractivity (Wildman–Crippen MR) is 106 cm³/mol. The van der Waals surface area contributed by atoms with Crippen LogP contribution in [0, 0.1) is 13.8 Å². The normalized spacial score (nSPS) is 11.2. The molecular formula is C19H17N3O4S2. The van der Waals surface area contributed by atoms with Crippen molar-refractivity contribution in [3.05, 3.63) is 71.5 Å². The first-order valence-electron chi connectivity index (χ1n) is 8.18. The zero-order chi connectivity index (χ0) is 20.3. The Hall–Kier alpha value is -2.91. The minimum atomic E-state index is -3.98. The maximum atomic E-state index is 12.9. The molecule has 2 N–H and O–H groups in total. The Morgan fingerprint density at radius 3 is 2.46 bits per heavy atom. The van der Waals surface area contributed by atoms with Crippen LogP contribution in [0.15, 0.2) is 69.8 Å². The molecule has 0 unspecified atom stereocenters. The van der Waals surface area contributed by atoms with Gasteiger partial charge in [0.05, 0.1) is 16.1 Å². The van der Waals surface area contributed by atoms with E-state index in [1.165, 1.54) is 30.1 Å². The van der Waals surface area contributed by atoms with Gasteiger partial charge in [0, 0.05) is 12.4 Å². The van der Waals surface area contributed by atoms with Crippen LogP contribution >= 0.6 is 11.8 Å². The van der Waals surface area contributed by atoms with Crippen LogP contribution in [-0.4, -0.2) is 29.5 Å². The molecule has 0 radical (unpaired) electrons. The maximum absolute atomic E-state index is 12.9. The Morgan fingerprint density at radius 1 is 1.04 bits per heavy atom. The van der Waals surface area contributed by atoms with Crippen LogP contribution in [0.3, 0.4) is 0 Å². The van der Waals surface area contributed by atoms with E-state index in [0.717, 1.165) is 11.1 Å². The molecule has 0 aliphatic rings. The van der Waals surface area contributed by atoms with Crippen molar-refractivity contribution in [3.63, 3.8) is 0 Å². The highest BCUT2D eigenvalue weighted by atomic mass is 32.2. The average Bonchev–Trinajstić information content (AvgIpc) is 2.64. The van der Waals surface area contributed by atoms with Gasteiger partial charge in [-0.05, 0) is 61.4 Å². The number of carboxylic acid groups (broad SMARTS) is 1. The van der Waals surface area contributed by atoms with Gasteiger partial charge < -0.3 is 5.11 Å². The number of aromatic nitrogens is 2. The van der Waals surface area contributed by atoms with Gasteiger partial charge in [0.15, 0.2) is 0 Å². The van der Waals surface area contributed by atoms with Crippen molar-refractivity contribution in [1.82, 2.24) is 9.97 Å². The number of carboxylic acids is 1. The van der Waals surface area contributed by atoms with Gasteiger partial charge in [0.25, 0.3) is 10.0 Å². The first-order valence-corrected chi connectivity index (χ1v) is 10.5. The molecule has 2 aromatic heterocycles. The number of hydrogen-bond acceptors (Lipinski definition) is 6. The van der Waals surface area contributed by atoms with E-state index in [9.17, 15) is 18.3 Å². The third-order valence-corrected chi connectivity index (χ3v) is 6.38. The zero-order valence-electron chi connectivity index (χ0n) is 15.1. The number of pyridine rings is 2. The second-order valence-electron chi connectivity index (χ2n) is 5.98. The summed E-state index contributed by atoms with van der Waals surface area (Å²) in [4.78, 5) is 19.6. The molecule has 9 heteroatoms. The summed E-state index contributed by atoms with van der Waals surface area (Å²) in [5.41, 5.74) is 1.33. The first kappa shape index (κ1) is 19.8. The van der Waals surface area contributed by atoms with Crippen molar-refractivity contribution >= 4 is 33.4 Å². The van der Waals surface area contributed by atoms with E-state index < -0.39 is 16.0 Å². The largest absolute Gasteiger partial charge is 0.478 e. The number of aryl methyl sites for hydroxylation is 1. The SMILES string of the molecule is Cc1cc(C(=O)O)cc(S(=O)(=O)Nc2ccnc(Sc3ccccn3)c2)c1C. The summed E-state index contributed by atoms with van der Waals surface area (Å²) in [5.74, 6) is -1.18. The molecule has 0 saturated carbocycles. The lowest BCUT2D eigenvalue weighted by Gasteiger charge is -2.13. The fourth-order valence-corrected chi connectivity index (χ4v) is 4.65. The van der Waals surface area contributed by atoms with E-state index in [-0.39, 0.29) is 10.5 Å². The topological polar surface area (TPSA) is 109 Å². The first-order chi connectivity index (χ1) is 13.3. The number of rotatable bonds is 6. The van der Waals surface area contributed by atoms with E-state index >= 15 is 0 Å². The highest BCUT2D eigenvalue weighted by Gasteiger charge is 2.21. The number of aromatic carboxylic acids is 1. The Labute approximate surface area is 166 Å². The molecule has 0 bridgehead atoms. The molecule has 0 amide bonds. The van der Waals surface area contributed by atoms with Gasteiger partial charge in [-0.3, -0.25) is 4.72 Å². The molecule has 0 fully saturated rings. The smallest absolute Gasteiger partial charge is 0.335 e. The second kappa shape index (κ2) is 7.99. The fraction of sp³-hybridized carbons (Fsp3) is 0.105. The lowest BCUT2D eigenvalue weighted by Crippen LogP contribution is -2.16. The van der Waals surface area contributed by atoms with Gasteiger partial charge in [-0.2, -0.15) is 0 Å². The molecule has 3 aromatic rings. The Bertz CT molecular complexity index is 1130. The van der Waals surface area contributed by atoms with Gasteiger partial charge in [-0.1, -0.05) is 17.8 Å². The van der Waals surface area contributed by atoms with Gasteiger partial charge in [-0.15, -0.1) is 0 Å². The van der Waals surface area contributed by atoms with Crippen LogP contribution in [0.2, 0.25) is 0 Å². The van der Waals surface area contributed by atoms with Crippen molar-refractivity contribution in [1.29, 1.82) is 0 Å². The lowest BCUT2D eigenvalue weighted by molar-refractivity contribution is 0.0696. The second-order valence-corrected chi connectivity index (χ2v) is 8.67. The number of hydrogen-bond donors (Lipinski definition) is 2. The molecule has 0 spiro atoms. The minimum Gasteiger partial charge on any atom is -0.478 e. The van der Waals surface area contributed by atoms with Crippen LogP contribution < -0.4 is 4.72 Å². The highest BCUT2D eigenvalue weighted by Crippen LogP contribution is 2.28. The number of nitrogens with zero attached hydrogens (tertiary/aromatic N) is 2. The Kier molecular flexibility index (Phi) is 5.66. The quantitative estimate of drug-likeness (QED) is 0.631. The molecule has 3 rings (SSSR count). The summed E-state index contributed by atoms with van der Waals surface area (Å²) in [7, 11) is -3.98. The molecule has 7 nitrogen and oxygen atoms in total. The summed E-state index contributed by atoms with van der Waals surface area (Å²) >= 11 is 1.30. The number of nitrogens with one attached hydrogen (secondary N) is 1. The van der Waals surface area contributed by atoms with E-state index in [2.05, 4.69) is 14.7 Å². The molecule has 0 saturated heterocycles. The van der Waals surface area contributed by atoms with E-state index in [4.69, 9.17) is 0 Å². The molecule has 28 heavy (non-hydrogen) atoms. The zero-order valence-corrected chi connectivity index (χ0v) is 16.7. The third kappa shape index (κ3) is 4.49. The van der Waals surface area contributed by atoms with Crippen LogP contribution in [-0.2, 0) is 10.0 Å². The van der Waals surface area contributed by atoms with E-state index in [0.29, 0.717) is 21.8 Å². The maximum Gasteiger partial charge on any atom is 0.335 e. The molecule has 0 atom stereocenters. The van der Waals surface area contributed by atoms with Crippen LogP contribution in [0.25, 0.3) is 0 Å². The van der Waals surface area contributed by atoms with Crippen molar-refractivity contribution < 1.29 is 18.3 Å². The van der Waals surface area contributed by atoms with Crippen molar-refractivity contribution in [2.75, 3.05) is 4.72 Å². The van der Waals surface area contributed by atoms with E-state index in [1.807, 2.05) is 12.1 Å². The molecule has 0 aliphatic heterocycles. The third-order valence-electron chi connectivity index (χ3n) is 3.99. The van der Waals surface area contributed by atoms with Crippen LogP contribution in [0.5, 0.6) is 0 Å². The monoisotopic (exact) mass is 415 g/mol. The minimum absolute atomic E-state index is 0.0689. The molecular weight excluding hydrogens is 398 g/mol. The number of carbonyl (C=O) groups is 1. The van der Waals surface area contributed by atoms with Crippen molar-refractivity contribution in [2.45, 2.75) is 28.8 Å². The summed E-state index contributed by atoms with van der Waals surface area (Å²) in [5, 5.41) is 10.5. The molecule has 2 heterocycles. The lowest BCUT2D eigenvalue weighted by atomic mass is 10.1. The van der Waals surface area contributed by atoms with Crippen LogP contribution in [0.1, 0.15) is 21.5 Å². The standard InChI is InChI=1S/C19H17N3O4S2/c1-12-9-14(19(23)24)10-16(13(12)2)28(25,26)22-15-6-8-21-18(11-15)27-17-5-3-4-7-20-17/h3-11H,1-2H3,(H,21,22)(H,23,24). The van der Waals surface area contributed by atoms with Crippen molar-refractivity contribution in [3.8, 4) is 0 Å². The summed E-state index contributed by atoms with van der Waals surface area (Å²) < 4.78 is 28.3. The molecule has 0 aliphatic carbocycles. The van der Waals surface area contributed by atoms with Gasteiger partial charge in [0.2, 0.25) is 0 Å². The van der Waals surface area contributed by atoms with Crippen molar-refractivity contribution in [2.24, 2.45) is 0 Å². The van der Waals surface area contributed by atoms with Gasteiger partial charge in [-0.25, -0.2) is 23.2 Å². The van der Waals surface area contributed by atoms with Gasteiger partial charge >= 0.3 is 5.97 Å². The predicted octanol–water partition coefficient (Wildman–Crippen LogP) is 3.74.